The van der Waals surface area contributed by atoms with Crippen molar-refractivity contribution in [1.82, 2.24) is 14.9 Å². The third kappa shape index (κ3) is 5.29. The topological polar surface area (TPSA) is 75.5 Å². The molecule has 1 unspecified atom stereocenters. The van der Waals surface area contributed by atoms with Crippen molar-refractivity contribution >= 4 is 5.97 Å². The monoisotopic (exact) mass is 473 g/mol. The van der Waals surface area contributed by atoms with Gasteiger partial charge in [0, 0.05) is 18.9 Å². The van der Waals surface area contributed by atoms with Crippen LogP contribution in [0.3, 0.4) is 0 Å². The minimum atomic E-state index is -0.404. The number of likely N-dealkylation sites (tertiary alicyclic amines) is 1. The summed E-state index contributed by atoms with van der Waals surface area (Å²) in [5.74, 6) is -0.404. The van der Waals surface area contributed by atoms with Gasteiger partial charge in [-0.2, -0.15) is 0 Å². The Hall–Kier alpha value is -3.09. The normalized spacial score (nSPS) is 18.5. The maximum atomic E-state index is 12.1. The number of hydrogen-bond donors (Lipinski definition) is 1. The summed E-state index contributed by atoms with van der Waals surface area (Å²) >= 11 is 0. The van der Waals surface area contributed by atoms with E-state index in [1.54, 1.807) is 12.1 Å². The van der Waals surface area contributed by atoms with E-state index in [-0.39, 0.29) is 18.7 Å². The summed E-state index contributed by atoms with van der Waals surface area (Å²) in [6, 6.07) is 10.1. The first-order valence-corrected chi connectivity index (χ1v) is 12.2. The third-order valence-electron chi connectivity index (χ3n) is 7.05. The van der Waals surface area contributed by atoms with Gasteiger partial charge in [0.05, 0.1) is 42.8 Å². The van der Waals surface area contributed by atoms with E-state index in [4.69, 9.17) is 14.7 Å². The maximum absolute atomic E-state index is 12.1. The minimum Gasteiger partial charge on any atom is -0.465 e. The number of carbonyl (C=O) groups is 1. The number of aryl methyl sites for hydroxylation is 4. The number of ether oxygens (including phenoxy) is 1. The molecule has 2 atom stereocenters. The highest BCUT2D eigenvalue weighted by Crippen LogP contribution is 2.43. The Morgan fingerprint density at radius 2 is 1.51 bits per heavy atom. The Morgan fingerprint density at radius 1 is 0.943 bits per heavy atom. The molecule has 0 amide bonds. The predicted octanol–water partition coefficient (Wildman–Crippen LogP) is 5.46. The highest BCUT2D eigenvalue weighted by Gasteiger charge is 2.35. The second-order valence-electron chi connectivity index (χ2n) is 9.70. The molecule has 1 aromatic carbocycles. The van der Waals surface area contributed by atoms with Crippen molar-refractivity contribution in [3.8, 4) is 0 Å². The highest BCUT2D eigenvalue weighted by atomic mass is 16.5. The van der Waals surface area contributed by atoms with Crippen LogP contribution in [0.15, 0.2) is 42.7 Å². The molecule has 6 nitrogen and oxygen atoms in total. The molecule has 1 fully saturated rings. The summed E-state index contributed by atoms with van der Waals surface area (Å²) in [6.45, 7) is 8.89. The lowest BCUT2D eigenvalue weighted by molar-refractivity contribution is 0.0599. The Labute approximate surface area is 208 Å². The van der Waals surface area contributed by atoms with Gasteiger partial charge in [-0.15, -0.1) is 0 Å². The van der Waals surface area contributed by atoms with Gasteiger partial charge >= 0.3 is 5.97 Å². The fraction of sp³-hybridized carbons (Fsp3) is 0.414. The molecular formula is C29H35N3O3. The molecule has 1 saturated heterocycles. The SMILES string of the molecule is COC(=O)c1ccc(CN2C(c3ncc(C)cc3C)CCC[C@H]2c2ncc(C)cc2C)c(CO)c1. The van der Waals surface area contributed by atoms with Gasteiger partial charge in [-0.1, -0.05) is 18.2 Å². The third-order valence-corrected chi connectivity index (χ3v) is 7.05. The zero-order valence-electron chi connectivity index (χ0n) is 21.3. The fourth-order valence-corrected chi connectivity index (χ4v) is 5.38. The van der Waals surface area contributed by atoms with Gasteiger partial charge in [0.2, 0.25) is 0 Å². The summed E-state index contributed by atoms with van der Waals surface area (Å²) in [5, 5.41) is 10.1. The zero-order chi connectivity index (χ0) is 25.1. The van der Waals surface area contributed by atoms with Gasteiger partial charge in [0.25, 0.3) is 0 Å². The molecule has 0 saturated carbocycles. The van der Waals surface area contributed by atoms with Crippen molar-refractivity contribution in [3.05, 3.63) is 93.1 Å². The standard InChI is InChI=1S/C29H35N3O3/c1-18-11-20(3)27(30-14-18)25-7-6-8-26(28-21(4)12-19(2)15-31-28)32(25)16-23-10-9-22(29(34)35-5)13-24(23)17-33/h9-15,25-26,33H,6-8,16-17H2,1-5H3/t25-,26?/m0/s1. The number of piperidine rings is 1. The number of nitrogens with zero attached hydrogens (tertiary/aromatic N) is 3. The summed E-state index contributed by atoms with van der Waals surface area (Å²) in [6.07, 6.45) is 7.00. The summed E-state index contributed by atoms with van der Waals surface area (Å²) in [4.78, 5) is 24.3. The van der Waals surface area contributed by atoms with Crippen LogP contribution in [0.4, 0.5) is 0 Å². The molecular weight excluding hydrogens is 438 g/mol. The van der Waals surface area contributed by atoms with Crippen molar-refractivity contribution in [2.75, 3.05) is 7.11 Å². The fourth-order valence-electron chi connectivity index (χ4n) is 5.38. The Morgan fingerprint density at radius 3 is 2.00 bits per heavy atom. The molecule has 4 rings (SSSR count). The number of aliphatic hydroxyl groups excluding tert-OH is 1. The number of methoxy groups -OCH3 is 1. The van der Waals surface area contributed by atoms with Crippen molar-refractivity contribution in [3.63, 3.8) is 0 Å². The molecule has 184 valence electrons. The van der Waals surface area contributed by atoms with Crippen LogP contribution >= 0.6 is 0 Å². The van der Waals surface area contributed by atoms with Gasteiger partial charge in [0.1, 0.15) is 0 Å². The quantitative estimate of drug-likeness (QED) is 0.479. The molecule has 0 aliphatic carbocycles. The number of hydrogen-bond acceptors (Lipinski definition) is 6. The van der Waals surface area contributed by atoms with E-state index >= 15 is 0 Å². The number of aromatic nitrogens is 2. The van der Waals surface area contributed by atoms with Gasteiger partial charge in [-0.05, 0) is 92.5 Å². The van der Waals surface area contributed by atoms with E-state index in [0.717, 1.165) is 52.9 Å². The van der Waals surface area contributed by atoms with Crippen LogP contribution in [-0.4, -0.2) is 33.1 Å². The average Bonchev–Trinajstić information content (AvgIpc) is 2.84. The molecule has 3 aromatic rings. The summed E-state index contributed by atoms with van der Waals surface area (Å²) in [7, 11) is 1.37. The predicted molar refractivity (Wildman–Crippen MR) is 136 cm³/mol. The average molecular weight is 474 g/mol. The molecule has 3 heterocycles. The van der Waals surface area contributed by atoms with Crippen molar-refractivity contribution < 1.29 is 14.6 Å². The van der Waals surface area contributed by atoms with Crippen molar-refractivity contribution in [2.24, 2.45) is 0 Å². The molecule has 6 heteroatoms. The number of pyridine rings is 2. The minimum absolute atomic E-state index is 0.128. The van der Waals surface area contributed by atoms with E-state index in [9.17, 15) is 9.90 Å². The molecule has 1 aliphatic heterocycles. The van der Waals surface area contributed by atoms with Gasteiger partial charge in [-0.3, -0.25) is 14.9 Å². The van der Waals surface area contributed by atoms with Crippen LogP contribution in [0.25, 0.3) is 0 Å². The molecule has 1 N–H and O–H groups in total. The molecule has 0 bridgehead atoms. The van der Waals surface area contributed by atoms with Crippen molar-refractivity contribution in [2.45, 2.75) is 72.2 Å². The maximum Gasteiger partial charge on any atom is 0.337 e. The highest BCUT2D eigenvalue weighted by molar-refractivity contribution is 5.89. The van der Waals surface area contributed by atoms with Gasteiger partial charge in [-0.25, -0.2) is 4.79 Å². The van der Waals surface area contributed by atoms with E-state index in [2.05, 4.69) is 44.7 Å². The van der Waals surface area contributed by atoms with E-state index in [1.165, 1.54) is 18.2 Å². The number of benzene rings is 1. The first-order chi connectivity index (χ1) is 16.8. The first kappa shape index (κ1) is 25.0. The van der Waals surface area contributed by atoms with Crippen LogP contribution in [0.5, 0.6) is 0 Å². The number of rotatable bonds is 6. The lowest BCUT2D eigenvalue weighted by Crippen LogP contribution is -2.37. The zero-order valence-corrected chi connectivity index (χ0v) is 21.3. The van der Waals surface area contributed by atoms with Crippen molar-refractivity contribution in [1.29, 1.82) is 0 Å². The van der Waals surface area contributed by atoms with E-state index in [1.807, 2.05) is 18.5 Å². The molecule has 0 spiro atoms. The van der Waals surface area contributed by atoms with Crippen LogP contribution in [0.1, 0.15) is 86.5 Å². The van der Waals surface area contributed by atoms with E-state index in [0.29, 0.717) is 12.1 Å². The Bertz CT molecular complexity index is 1160. The van der Waals surface area contributed by atoms with Crippen LogP contribution in [0.2, 0.25) is 0 Å². The van der Waals surface area contributed by atoms with E-state index < -0.39 is 5.97 Å². The summed E-state index contributed by atoms with van der Waals surface area (Å²) < 4.78 is 4.87. The van der Waals surface area contributed by atoms with Crippen LogP contribution in [-0.2, 0) is 17.9 Å². The summed E-state index contributed by atoms with van der Waals surface area (Å²) in [5.41, 5.74) is 9.06. The number of carbonyl (C=O) groups excluding carboxylic acids is 1. The lowest BCUT2D eigenvalue weighted by Gasteiger charge is -2.43. The van der Waals surface area contributed by atoms with Gasteiger partial charge in [0.15, 0.2) is 0 Å². The number of aliphatic hydroxyl groups is 1. The molecule has 2 aromatic heterocycles. The molecule has 35 heavy (non-hydrogen) atoms. The second-order valence-corrected chi connectivity index (χ2v) is 9.70. The largest absolute Gasteiger partial charge is 0.465 e. The Kier molecular flexibility index (Phi) is 7.63. The van der Waals surface area contributed by atoms with Crippen LogP contribution in [0, 0.1) is 27.7 Å². The number of esters is 1. The Balaban J connectivity index is 1.79. The molecule has 1 aliphatic rings. The van der Waals surface area contributed by atoms with Gasteiger partial charge < -0.3 is 9.84 Å². The lowest BCUT2D eigenvalue weighted by atomic mass is 9.87. The smallest absolute Gasteiger partial charge is 0.337 e. The second kappa shape index (κ2) is 10.7. The first-order valence-electron chi connectivity index (χ1n) is 12.2. The molecule has 0 radical (unpaired) electrons. The van der Waals surface area contributed by atoms with Crippen LogP contribution < -0.4 is 0 Å².